The Morgan fingerprint density at radius 2 is 1.52 bits per heavy atom. The number of rotatable bonds is 1. The highest BCUT2D eigenvalue weighted by Gasteiger charge is 2.32. The first kappa shape index (κ1) is 13.7. The van der Waals surface area contributed by atoms with E-state index in [9.17, 15) is 10.1 Å². The van der Waals surface area contributed by atoms with Gasteiger partial charge in [-0.3, -0.25) is 10.1 Å². The Kier molecular flexibility index (Phi) is 3.18. The van der Waals surface area contributed by atoms with Crippen LogP contribution in [0.2, 0.25) is 0 Å². The zero-order valence-electron chi connectivity index (χ0n) is 12.1. The number of nitro benzene ring substituents is 1. The molecular formula is C16H13NO6. The summed E-state index contributed by atoms with van der Waals surface area (Å²) < 4.78 is 22.7. The molecule has 3 aliphatic heterocycles. The molecule has 7 nitrogen and oxygen atoms in total. The van der Waals surface area contributed by atoms with Gasteiger partial charge in [0, 0.05) is 5.56 Å². The summed E-state index contributed by atoms with van der Waals surface area (Å²) in [6.07, 6.45) is 0. The van der Waals surface area contributed by atoms with Crippen molar-refractivity contribution < 1.29 is 23.9 Å². The lowest BCUT2D eigenvalue weighted by molar-refractivity contribution is -0.384. The molecule has 3 aliphatic rings. The van der Waals surface area contributed by atoms with Crippen LogP contribution in [0.5, 0.6) is 23.0 Å². The van der Waals surface area contributed by atoms with Crippen LogP contribution in [0.25, 0.3) is 11.1 Å². The van der Waals surface area contributed by atoms with Crippen LogP contribution in [0.15, 0.2) is 30.3 Å². The summed E-state index contributed by atoms with van der Waals surface area (Å²) in [6, 6.07) is 8.56. The van der Waals surface area contributed by atoms with Gasteiger partial charge < -0.3 is 18.9 Å². The van der Waals surface area contributed by atoms with Crippen LogP contribution in [0, 0.1) is 10.1 Å². The van der Waals surface area contributed by atoms with Crippen LogP contribution in [-0.2, 0) is 0 Å². The van der Waals surface area contributed by atoms with E-state index >= 15 is 0 Å². The van der Waals surface area contributed by atoms with E-state index in [0.717, 1.165) is 0 Å². The molecule has 0 N–H and O–H groups in total. The minimum absolute atomic E-state index is 0.0952. The fourth-order valence-electron chi connectivity index (χ4n) is 2.78. The first-order valence-corrected chi connectivity index (χ1v) is 7.21. The van der Waals surface area contributed by atoms with Crippen molar-refractivity contribution in [1.82, 2.24) is 0 Å². The fourth-order valence-corrected chi connectivity index (χ4v) is 2.78. The first-order valence-electron chi connectivity index (χ1n) is 7.21. The molecule has 2 aromatic carbocycles. The number of nitro groups is 1. The SMILES string of the molecule is O=[N+]([O-])c1cc2c3c(c1-c1ccccc1OCCO2)OCCO3. The molecule has 5 rings (SSSR count). The molecule has 0 radical (unpaired) electrons. The minimum atomic E-state index is -0.446. The molecule has 0 atom stereocenters. The van der Waals surface area contributed by atoms with Gasteiger partial charge in [-0.25, -0.2) is 0 Å². The van der Waals surface area contributed by atoms with Gasteiger partial charge in [-0.1, -0.05) is 18.2 Å². The van der Waals surface area contributed by atoms with Crippen LogP contribution in [0.3, 0.4) is 0 Å². The van der Waals surface area contributed by atoms with Gasteiger partial charge in [0.2, 0.25) is 5.75 Å². The Balaban J connectivity index is 2.09. The van der Waals surface area contributed by atoms with Crippen molar-refractivity contribution in [2.75, 3.05) is 26.4 Å². The van der Waals surface area contributed by atoms with Gasteiger partial charge in [0.25, 0.3) is 5.69 Å². The van der Waals surface area contributed by atoms with E-state index in [1.807, 2.05) is 6.07 Å². The van der Waals surface area contributed by atoms with Crippen molar-refractivity contribution >= 4 is 5.69 Å². The van der Waals surface area contributed by atoms with Crippen molar-refractivity contribution in [1.29, 1.82) is 0 Å². The van der Waals surface area contributed by atoms with Crippen molar-refractivity contribution in [2.24, 2.45) is 0 Å². The summed E-state index contributed by atoms with van der Waals surface area (Å²) >= 11 is 0. The summed E-state index contributed by atoms with van der Waals surface area (Å²) in [4.78, 5) is 11.1. The second-order valence-corrected chi connectivity index (χ2v) is 5.07. The number of para-hydroxylation sites is 1. The molecule has 0 saturated heterocycles. The van der Waals surface area contributed by atoms with Crippen LogP contribution in [-0.4, -0.2) is 31.4 Å². The Morgan fingerprint density at radius 3 is 2.30 bits per heavy atom. The lowest BCUT2D eigenvalue weighted by Crippen LogP contribution is -2.19. The average molecular weight is 315 g/mol. The number of hydrogen-bond acceptors (Lipinski definition) is 6. The number of nitrogens with zero attached hydrogens (tertiary/aromatic N) is 1. The van der Waals surface area contributed by atoms with Gasteiger partial charge >= 0.3 is 0 Å². The maximum atomic E-state index is 11.6. The third kappa shape index (κ3) is 2.21. The average Bonchev–Trinajstić information content (AvgIpc) is 2.59. The fraction of sp³-hybridized carbons (Fsp3) is 0.250. The topological polar surface area (TPSA) is 80.1 Å². The summed E-state index contributed by atoms with van der Waals surface area (Å²) in [5.74, 6) is 1.59. The molecule has 2 aromatic rings. The second-order valence-electron chi connectivity index (χ2n) is 5.07. The molecule has 118 valence electrons. The van der Waals surface area contributed by atoms with Crippen LogP contribution >= 0.6 is 0 Å². The van der Waals surface area contributed by atoms with Gasteiger partial charge in [0.05, 0.1) is 11.0 Å². The zero-order valence-corrected chi connectivity index (χ0v) is 12.1. The molecule has 7 heteroatoms. The van der Waals surface area contributed by atoms with Crippen molar-refractivity contribution in [2.45, 2.75) is 0 Å². The lowest BCUT2D eigenvalue weighted by atomic mass is 9.99. The summed E-state index contributed by atoms with van der Waals surface area (Å²) in [7, 11) is 0. The third-order valence-electron chi connectivity index (χ3n) is 3.71. The van der Waals surface area contributed by atoms with E-state index in [2.05, 4.69) is 0 Å². The van der Waals surface area contributed by atoms with Crippen molar-refractivity contribution in [3.8, 4) is 34.1 Å². The number of hydrogen-bond donors (Lipinski definition) is 0. The Morgan fingerprint density at radius 1 is 0.870 bits per heavy atom. The molecule has 0 aromatic heterocycles. The van der Waals surface area contributed by atoms with Crippen LogP contribution < -0.4 is 18.9 Å². The highest BCUT2D eigenvalue weighted by atomic mass is 16.6. The molecule has 3 heterocycles. The van der Waals surface area contributed by atoms with E-state index in [-0.39, 0.29) is 12.3 Å². The summed E-state index contributed by atoms with van der Waals surface area (Å²) in [6.45, 7) is 1.28. The smallest absolute Gasteiger partial charge is 0.285 e. The Labute approximate surface area is 131 Å². The maximum Gasteiger partial charge on any atom is 0.285 e. The maximum absolute atomic E-state index is 11.6. The van der Waals surface area contributed by atoms with E-state index in [1.165, 1.54) is 6.07 Å². The van der Waals surface area contributed by atoms with Gasteiger partial charge in [-0.05, 0) is 6.07 Å². The van der Waals surface area contributed by atoms with Gasteiger partial charge in [-0.2, -0.15) is 0 Å². The van der Waals surface area contributed by atoms with E-state index in [4.69, 9.17) is 18.9 Å². The number of fused-ring (bicyclic) bond motifs is 4. The number of ether oxygens (including phenoxy) is 4. The Bertz CT molecular complexity index is 788. The molecule has 0 aliphatic carbocycles. The van der Waals surface area contributed by atoms with Crippen molar-refractivity contribution in [3.05, 3.63) is 40.4 Å². The normalized spacial score (nSPS) is 15.1. The van der Waals surface area contributed by atoms with E-state index in [1.54, 1.807) is 18.2 Å². The first-order chi connectivity index (χ1) is 11.3. The summed E-state index contributed by atoms with van der Waals surface area (Å²) in [5, 5.41) is 11.6. The van der Waals surface area contributed by atoms with Crippen LogP contribution in [0.1, 0.15) is 0 Å². The van der Waals surface area contributed by atoms with Gasteiger partial charge in [0.15, 0.2) is 11.5 Å². The minimum Gasteiger partial charge on any atom is -0.489 e. The standard InChI is InChI=1S/C16H13NO6/c18-17(19)11-9-13-15-16(23-8-7-22-15)14(11)10-3-1-2-4-12(10)20-5-6-21-13/h1-4,9H,5-8H2. The van der Waals surface area contributed by atoms with E-state index < -0.39 is 4.92 Å². The lowest BCUT2D eigenvalue weighted by Gasteiger charge is -2.25. The molecule has 0 saturated carbocycles. The van der Waals surface area contributed by atoms with E-state index in [0.29, 0.717) is 53.9 Å². The third-order valence-corrected chi connectivity index (χ3v) is 3.71. The molecular weight excluding hydrogens is 302 g/mol. The summed E-state index contributed by atoms with van der Waals surface area (Å²) in [5.41, 5.74) is 0.867. The zero-order chi connectivity index (χ0) is 15.8. The predicted octanol–water partition coefficient (Wildman–Crippen LogP) is 2.80. The molecule has 23 heavy (non-hydrogen) atoms. The van der Waals surface area contributed by atoms with Gasteiger partial charge in [0.1, 0.15) is 37.7 Å². The highest BCUT2D eigenvalue weighted by molar-refractivity contribution is 5.87. The quantitative estimate of drug-likeness (QED) is 0.594. The molecule has 0 spiro atoms. The monoisotopic (exact) mass is 315 g/mol. The van der Waals surface area contributed by atoms with Crippen LogP contribution in [0.4, 0.5) is 5.69 Å². The second kappa shape index (κ2) is 5.35. The molecule has 0 fully saturated rings. The molecule has 0 unspecified atom stereocenters. The van der Waals surface area contributed by atoms with Crippen molar-refractivity contribution in [3.63, 3.8) is 0 Å². The molecule has 2 bridgehead atoms. The molecule has 0 amide bonds. The number of benzene rings is 2. The largest absolute Gasteiger partial charge is 0.489 e. The Hall–Kier alpha value is -2.96. The van der Waals surface area contributed by atoms with Gasteiger partial charge in [-0.15, -0.1) is 0 Å². The predicted molar refractivity (Wildman–Crippen MR) is 80.5 cm³/mol. The highest BCUT2D eigenvalue weighted by Crippen LogP contribution is 2.53.